The van der Waals surface area contributed by atoms with E-state index in [1.165, 1.54) is 11.1 Å². The molecule has 1 aromatic heterocycles. The number of rotatable bonds is 4. The monoisotopic (exact) mass is 310 g/mol. The first-order valence-corrected chi connectivity index (χ1v) is 7.12. The highest BCUT2D eigenvalue weighted by molar-refractivity contribution is 9.10. The molecule has 0 aliphatic rings. The SMILES string of the molecule is CN(Cc1ccsc1)Cc1cc(N)ccc1Br. The van der Waals surface area contributed by atoms with Crippen molar-refractivity contribution in [3.8, 4) is 0 Å². The van der Waals surface area contributed by atoms with Crippen LogP contribution in [0.5, 0.6) is 0 Å². The molecule has 2 aromatic rings. The minimum Gasteiger partial charge on any atom is -0.399 e. The van der Waals surface area contributed by atoms with Crippen LogP contribution in [-0.2, 0) is 13.1 Å². The summed E-state index contributed by atoms with van der Waals surface area (Å²) < 4.78 is 1.11. The van der Waals surface area contributed by atoms with Crippen LogP contribution in [0.3, 0.4) is 0 Å². The van der Waals surface area contributed by atoms with Crippen molar-refractivity contribution >= 4 is 33.0 Å². The van der Waals surface area contributed by atoms with Gasteiger partial charge in [-0.05, 0) is 53.2 Å². The summed E-state index contributed by atoms with van der Waals surface area (Å²) in [7, 11) is 2.12. The zero-order valence-electron chi connectivity index (χ0n) is 9.69. The summed E-state index contributed by atoms with van der Waals surface area (Å²) in [5.41, 5.74) is 9.20. The van der Waals surface area contributed by atoms with Gasteiger partial charge in [0.1, 0.15) is 0 Å². The van der Waals surface area contributed by atoms with Crippen LogP contribution in [-0.4, -0.2) is 11.9 Å². The molecule has 0 radical (unpaired) electrons. The molecular weight excluding hydrogens is 296 g/mol. The molecule has 2 N–H and O–H groups in total. The predicted octanol–water partition coefficient (Wildman–Crippen LogP) is 3.72. The van der Waals surface area contributed by atoms with Crippen molar-refractivity contribution in [3.63, 3.8) is 0 Å². The Morgan fingerprint density at radius 1 is 1.29 bits per heavy atom. The molecule has 0 fully saturated rings. The molecule has 17 heavy (non-hydrogen) atoms. The number of halogens is 1. The summed E-state index contributed by atoms with van der Waals surface area (Å²) in [5.74, 6) is 0. The van der Waals surface area contributed by atoms with Crippen LogP contribution in [0.1, 0.15) is 11.1 Å². The van der Waals surface area contributed by atoms with Crippen LogP contribution in [0.25, 0.3) is 0 Å². The fourth-order valence-electron chi connectivity index (χ4n) is 1.76. The normalized spacial score (nSPS) is 11.0. The van der Waals surface area contributed by atoms with Gasteiger partial charge in [-0.25, -0.2) is 0 Å². The first kappa shape index (κ1) is 12.6. The van der Waals surface area contributed by atoms with Gasteiger partial charge in [-0.15, -0.1) is 0 Å². The van der Waals surface area contributed by atoms with Gasteiger partial charge in [-0.2, -0.15) is 11.3 Å². The second-order valence-electron chi connectivity index (χ2n) is 4.15. The van der Waals surface area contributed by atoms with E-state index in [0.717, 1.165) is 23.2 Å². The van der Waals surface area contributed by atoms with Gasteiger partial charge in [0.05, 0.1) is 0 Å². The van der Waals surface area contributed by atoms with Gasteiger partial charge in [0, 0.05) is 23.2 Å². The third kappa shape index (κ3) is 3.56. The van der Waals surface area contributed by atoms with Gasteiger partial charge < -0.3 is 5.73 Å². The fraction of sp³-hybridized carbons (Fsp3) is 0.231. The largest absolute Gasteiger partial charge is 0.399 e. The van der Waals surface area contributed by atoms with E-state index in [4.69, 9.17) is 5.73 Å². The Balaban J connectivity index is 2.02. The highest BCUT2D eigenvalue weighted by Gasteiger charge is 2.05. The molecular formula is C13H15BrN2S. The maximum Gasteiger partial charge on any atom is 0.0318 e. The average Bonchev–Trinajstić information content (AvgIpc) is 2.76. The summed E-state index contributed by atoms with van der Waals surface area (Å²) in [5, 5.41) is 4.30. The number of thiophene rings is 1. The number of benzene rings is 1. The van der Waals surface area contributed by atoms with E-state index in [2.05, 4.69) is 44.7 Å². The number of nitrogen functional groups attached to an aromatic ring is 1. The molecule has 2 rings (SSSR count). The predicted molar refractivity (Wildman–Crippen MR) is 78.0 cm³/mol. The maximum absolute atomic E-state index is 5.80. The first-order chi connectivity index (χ1) is 8.15. The van der Waals surface area contributed by atoms with E-state index in [1.54, 1.807) is 11.3 Å². The van der Waals surface area contributed by atoms with Crippen molar-refractivity contribution < 1.29 is 0 Å². The molecule has 2 nitrogen and oxygen atoms in total. The molecule has 0 saturated carbocycles. The van der Waals surface area contributed by atoms with Crippen LogP contribution >= 0.6 is 27.3 Å². The van der Waals surface area contributed by atoms with Crippen LogP contribution < -0.4 is 5.73 Å². The van der Waals surface area contributed by atoms with E-state index in [9.17, 15) is 0 Å². The number of hydrogen-bond donors (Lipinski definition) is 1. The van der Waals surface area contributed by atoms with E-state index >= 15 is 0 Å². The highest BCUT2D eigenvalue weighted by Crippen LogP contribution is 2.21. The minimum atomic E-state index is 0.812. The van der Waals surface area contributed by atoms with Gasteiger partial charge >= 0.3 is 0 Å². The van der Waals surface area contributed by atoms with Gasteiger partial charge in [0.25, 0.3) is 0 Å². The Kier molecular flexibility index (Phi) is 4.20. The smallest absolute Gasteiger partial charge is 0.0318 e. The first-order valence-electron chi connectivity index (χ1n) is 5.38. The average molecular weight is 311 g/mol. The Morgan fingerprint density at radius 3 is 2.82 bits per heavy atom. The fourth-order valence-corrected chi connectivity index (χ4v) is 2.79. The van der Waals surface area contributed by atoms with Crippen molar-refractivity contribution in [1.82, 2.24) is 4.90 Å². The minimum absolute atomic E-state index is 0.812. The number of nitrogens with zero attached hydrogens (tertiary/aromatic N) is 1. The summed E-state index contributed by atoms with van der Waals surface area (Å²) in [6.07, 6.45) is 0. The Labute approximate surface area is 114 Å². The van der Waals surface area contributed by atoms with E-state index in [1.807, 2.05) is 18.2 Å². The standard InChI is InChI=1S/C13H15BrN2S/c1-16(7-10-4-5-17-9-10)8-11-6-12(15)2-3-13(11)14/h2-6,9H,7-8,15H2,1H3. The van der Waals surface area contributed by atoms with E-state index in [-0.39, 0.29) is 0 Å². The summed E-state index contributed by atoms with van der Waals surface area (Å²) in [6, 6.07) is 8.10. The number of nitrogens with two attached hydrogens (primary N) is 1. The van der Waals surface area contributed by atoms with Crippen LogP contribution in [0, 0.1) is 0 Å². The lowest BCUT2D eigenvalue weighted by Gasteiger charge is -2.17. The third-order valence-corrected chi connectivity index (χ3v) is 4.05. The summed E-state index contributed by atoms with van der Waals surface area (Å²) in [4.78, 5) is 2.28. The van der Waals surface area contributed by atoms with Crippen molar-refractivity contribution in [3.05, 3.63) is 50.6 Å². The molecule has 0 aliphatic carbocycles. The maximum atomic E-state index is 5.80. The Hall–Kier alpha value is -0.840. The van der Waals surface area contributed by atoms with Crippen LogP contribution in [0.4, 0.5) is 5.69 Å². The third-order valence-electron chi connectivity index (χ3n) is 2.54. The molecule has 90 valence electrons. The van der Waals surface area contributed by atoms with Crippen LogP contribution in [0.2, 0.25) is 0 Å². The second-order valence-corrected chi connectivity index (χ2v) is 5.79. The molecule has 1 aromatic carbocycles. The Bertz CT molecular complexity index is 482. The van der Waals surface area contributed by atoms with Crippen LogP contribution in [0.15, 0.2) is 39.5 Å². The summed E-state index contributed by atoms with van der Waals surface area (Å²) in [6.45, 7) is 1.85. The van der Waals surface area contributed by atoms with Crippen molar-refractivity contribution in [2.45, 2.75) is 13.1 Å². The molecule has 4 heteroatoms. The summed E-state index contributed by atoms with van der Waals surface area (Å²) >= 11 is 5.29. The van der Waals surface area contributed by atoms with Gasteiger partial charge in [0.2, 0.25) is 0 Å². The van der Waals surface area contributed by atoms with Crippen molar-refractivity contribution in [2.24, 2.45) is 0 Å². The van der Waals surface area contributed by atoms with E-state index < -0.39 is 0 Å². The van der Waals surface area contributed by atoms with Gasteiger partial charge in [-0.1, -0.05) is 15.9 Å². The molecule has 0 spiro atoms. The molecule has 0 aliphatic heterocycles. The lowest BCUT2D eigenvalue weighted by molar-refractivity contribution is 0.319. The molecule has 0 atom stereocenters. The second kappa shape index (κ2) is 5.67. The quantitative estimate of drug-likeness (QED) is 0.872. The van der Waals surface area contributed by atoms with Crippen molar-refractivity contribution in [2.75, 3.05) is 12.8 Å². The zero-order valence-corrected chi connectivity index (χ0v) is 12.1. The van der Waals surface area contributed by atoms with Gasteiger partial charge in [0.15, 0.2) is 0 Å². The molecule has 0 bridgehead atoms. The molecule has 0 unspecified atom stereocenters. The number of anilines is 1. The molecule has 1 heterocycles. The highest BCUT2D eigenvalue weighted by atomic mass is 79.9. The molecule has 0 saturated heterocycles. The van der Waals surface area contributed by atoms with Crippen molar-refractivity contribution in [1.29, 1.82) is 0 Å². The van der Waals surface area contributed by atoms with E-state index in [0.29, 0.717) is 0 Å². The lowest BCUT2D eigenvalue weighted by Crippen LogP contribution is -2.17. The Morgan fingerprint density at radius 2 is 2.12 bits per heavy atom. The molecule has 0 amide bonds. The van der Waals surface area contributed by atoms with Gasteiger partial charge in [-0.3, -0.25) is 4.90 Å². The topological polar surface area (TPSA) is 29.3 Å². The lowest BCUT2D eigenvalue weighted by atomic mass is 10.2. The number of hydrogen-bond acceptors (Lipinski definition) is 3. The zero-order chi connectivity index (χ0) is 12.3.